The van der Waals surface area contributed by atoms with Gasteiger partial charge in [-0.1, -0.05) is 34.1 Å². The molecule has 3 N–H and O–H groups in total. The highest BCUT2D eigenvalue weighted by atomic mass is 16.4. The van der Waals surface area contributed by atoms with Crippen LogP contribution in [0.4, 0.5) is 4.79 Å². The van der Waals surface area contributed by atoms with Crippen LogP contribution in [0.5, 0.6) is 0 Å². The molecule has 104 valence electrons. The predicted octanol–water partition coefficient (Wildman–Crippen LogP) is 1.83. The fourth-order valence-electron chi connectivity index (χ4n) is 2.02. The molecule has 1 saturated carbocycles. The molecule has 5 nitrogen and oxygen atoms in total. The smallest absolute Gasteiger partial charge is 0.326 e. The van der Waals surface area contributed by atoms with Crippen molar-refractivity contribution in [3.05, 3.63) is 0 Å². The highest BCUT2D eigenvalue weighted by Crippen LogP contribution is 2.50. The first-order valence-electron chi connectivity index (χ1n) is 6.55. The standard InChI is InChI=1S/C13H24N2O3/c1-5-8(2)10(11(16)17)15-12(18)14-7-9-6-13(9,3)4/h8-10H,5-7H2,1-4H3,(H,16,17)(H2,14,15,18)/t8-,9?,10-/m0/s1. The van der Waals surface area contributed by atoms with Crippen LogP contribution in [0.3, 0.4) is 0 Å². The summed E-state index contributed by atoms with van der Waals surface area (Å²) in [6.07, 6.45) is 1.83. The fourth-order valence-corrected chi connectivity index (χ4v) is 2.02. The van der Waals surface area contributed by atoms with Gasteiger partial charge in [-0.05, 0) is 23.7 Å². The van der Waals surface area contributed by atoms with Crippen LogP contribution >= 0.6 is 0 Å². The topological polar surface area (TPSA) is 78.4 Å². The Morgan fingerprint density at radius 1 is 1.44 bits per heavy atom. The molecule has 0 saturated heterocycles. The average molecular weight is 256 g/mol. The third-order valence-electron chi connectivity index (χ3n) is 3.99. The first-order chi connectivity index (χ1) is 8.27. The van der Waals surface area contributed by atoms with Crippen LogP contribution in [0.25, 0.3) is 0 Å². The normalized spacial score (nSPS) is 23.9. The maximum atomic E-state index is 11.6. The van der Waals surface area contributed by atoms with Gasteiger partial charge in [0.05, 0.1) is 0 Å². The van der Waals surface area contributed by atoms with Gasteiger partial charge in [0.15, 0.2) is 0 Å². The van der Waals surface area contributed by atoms with Gasteiger partial charge in [-0.25, -0.2) is 9.59 Å². The largest absolute Gasteiger partial charge is 0.480 e. The molecule has 0 aromatic rings. The van der Waals surface area contributed by atoms with Gasteiger partial charge in [0.1, 0.15) is 6.04 Å². The van der Waals surface area contributed by atoms with Crippen molar-refractivity contribution in [2.45, 2.75) is 46.6 Å². The Bertz CT molecular complexity index is 328. The van der Waals surface area contributed by atoms with Crippen LogP contribution in [0.2, 0.25) is 0 Å². The van der Waals surface area contributed by atoms with Crippen LogP contribution in [-0.4, -0.2) is 29.7 Å². The number of carboxylic acid groups (broad SMARTS) is 1. The Morgan fingerprint density at radius 2 is 2.00 bits per heavy atom. The van der Waals surface area contributed by atoms with Crippen molar-refractivity contribution < 1.29 is 14.7 Å². The zero-order valence-electron chi connectivity index (χ0n) is 11.6. The van der Waals surface area contributed by atoms with Gasteiger partial charge in [0.25, 0.3) is 0 Å². The molecular formula is C13H24N2O3. The Hall–Kier alpha value is -1.26. The molecule has 0 aliphatic heterocycles. The van der Waals surface area contributed by atoms with Crippen LogP contribution in [0.1, 0.15) is 40.5 Å². The third kappa shape index (κ3) is 3.89. The second-order valence-electron chi connectivity index (χ2n) is 5.95. The van der Waals surface area contributed by atoms with Crippen molar-refractivity contribution >= 4 is 12.0 Å². The zero-order valence-corrected chi connectivity index (χ0v) is 11.6. The van der Waals surface area contributed by atoms with Gasteiger partial charge in [0, 0.05) is 6.54 Å². The second-order valence-corrected chi connectivity index (χ2v) is 5.95. The number of aliphatic carboxylic acids is 1. The number of rotatable bonds is 6. The number of carbonyl (C=O) groups is 2. The number of carbonyl (C=O) groups excluding carboxylic acids is 1. The van der Waals surface area contributed by atoms with Crippen molar-refractivity contribution in [1.29, 1.82) is 0 Å². The summed E-state index contributed by atoms with van der Waals surface area (Å²) in [6, 6.07) is -1.20. The van der Waals surface area contributed by atoms with Crippen LogP contribution < -0.4 is 10.6 Å². The minimum atomic E-state index is -0.980. The number of nitrogens with one attached hydrogen (secondary N) is 2. The van der Waals surface area contributed by atoms with Gasteiger partial charge in [-0.15, -0.1) is 0 Å². The minimum absolute atomic E-state index is 0.0781. The Balaban J connectivity index is 2.35. The van der Waals surface area contributed by atoms with Gasteiger partial charge >= 0.3 is 12.0 Å². The van der Waals surface area contributed by atoms with Gasteiger partial charge < -0.3 is 15.7 Å². The molecule has 18 heavy (non-hydrogen) atoms. The van der Waals surface area contributed by atoms with E-state index in [1.165, 1.54) is 0 Å². The average Bonchev–Trinajstić information content (AvgIpc) is 2.90. The summed E-state index contributed by atoms with van der Waals surface area (Å²) < 4.78 is 0. The molecule has 0 aromatic carbocycles. The highest BCUT2D eigenvalue weighted by Gasteiger charge is 2.45. The van der Waals surface area contributed by atoms with E-state index >= 15 is 0 Å². The second kappa shape index (κ2) is 5.59. The van der Waals surface area contributed by atoms with E-state index in [0.717, 1.165) is 6.42 Å². The van der Waals surface area contributed by atoms with Gasteiger partial charge in [0.2, 0.25) is 0 Å². The summed E-state index contributed by atoms with van der Waals surface area (Å²) in [7, 11) is 0. The Kier molecular flexibility index (Phi) is 4.59. The number of hydrogen-bond donors (Lipinski definition) is 3. The summed E-state index contributed by atoms with van der Waals surface area (Å²) in [5.74, 6) is -0.549. The van der Waals surface area contributed by atoms with E-state index in [2.05, 4.69) is 24.5 Å². The van der Waals surface area contributed by atoms with Gasteiger partial charge in [-0.3, -0.25) is 0 Å². The van der Waals surface area contributed by atoms with E-state index in [9.17, 15) is 9.59 Å². The van der Waals surface area contributed by atoms with Crippen molar-refractivity contribution in [3.63, 3.8) is 0 Å². The molecule has 1 aliphatic rings. The number of amides is 2. The SMILES string of the molecule is CC[C@H](C)[C@H](NC(=O)NCC1CC1(C)C)C(=O)O. The third-order valence-corrected chi connectivity index (χ3v) is 3.99. The predicted molar refractivity (Wildman–Crippen MR) is 69.3 cm³/mol. The van der Waals surface area contributed by atoms with Crippen molar-refractivity contribution in [3.8, 4) is 0 Å². The maximum Gasteiger partial charge on any atom is 0.326 e. The molecule has 1 rings (SSSR count). The molecule has 0 bridgehead atoms. The van der Waals surface area contributed by atoms with E-state index in [0.29, 0.717) is 24.3 Å². The molecular weight excluding hydrogens is 232 g/mol. The summed E-state index contributed by atoms with van der Waals surface area (Å²) in [4.78, 5) is 22.7. The lowest BCUT2D eigenvalue weighted by atomic mass is 9.99. The molecule has 0 aromatic heterocycles. The van der Waals surface area contributed by atoms with E-state index in [1.807, 2.05) is 13.8 Å². The molecule has 1 aliphatic carbocycles. The number of hydrogen-bond acceptors (Lipinski definition) is 2. The Labute approximate surface area is 108 Å². The van der Waals surface area contributed by atoms with Crippen molar-refractivity contribution in [2.24, 2.45) is 17.3 Å². The molecule has 5 heteroatoms. The van der Waals surface area contributed by atoms with E-state index < -0.39 is 12.0 Å². The summed E-state index contributed by atoms with van der Waals surface area (Å²) in [6.45, 7) is 8.68. The molecule has 0 radical (unpaired) electrons. The fraction of sp³-hybridized carbons (Fsp3) is 0.846. The molecule has 0 spiro atoms. The highest BCUT2D eigenvalue weighted by molar-refractivity contribution is 5.82. The lowest BCUT2D eigenvalue weighted by Gasteiger charge is -2.20. The molecule has 3 atom stereocenters. The lowest BCUT2D eigenvalue weighted by Crippen LogP contribution is -2.49. The minimum Gasteiger partial charge on any atom is -0.480 e. The van der Waals surface area contributed by atoms with E-state index in [1.54, 1.807) is 0 Å². The molecule has 1 unspecified atom stereocenters. The summed E-state index contributed by atoms with van der Waals surface area (Å²) in [5, 5.41) is 14.3. The van der Waals surface area contributed by atoms with Gasteiger partial charge in [-0.2, -0.15) is 0 Å². The zero-order chi connectivity index (χ0) is 13.9. The van der Waals surface area contributed by atoms with E-state index in [-0.39, 0.29) is 11.9 Å². The summed E-state index contributed by atoms with van der Waals surface area (Å²) in [5.41, 5.74) is 0.316. The maximum absolute atomic E-state index is 11.6. The van der Waals surface area contributed by atoms with Crippen molar-refractivity contribution in [1.82, 2.24) is 10.6 Å². The number of urea groups is 1. The van der Waals surface area contributed by atoms with Crippen LogP contribution in [0, 0.1) is 17.3 Å². The van der Waals surface area contributed by atoms with Crippen molar-refractivity contribution in [2.75, 3.05) is 6.54 Å². The van der Waals surface area contributed by atoms with Crippen LogP contribution in [-0.2, 0) is 4.79 Å². The molecule has 1 fully saturated rings. The lowest BCUT2D eigenvalue weighted by molar-refractivity contribution is -0.140. The monoisotopic (exact) mass is 256 g/mol. The number of carboxylic acids is 1. The van der Waals surface area contributed by atoms with Crippen LogP contribution in [0.15, 0.2) is 0 Å². The molecule has 0 heterocycles. The Morgan fingerprint density at radius 3 is 2.39 bits per heavy atom. The first kappa shape index (κ1) is 14.8. The summed E-state index contributed by atoms with van der Waals surface area (Å²) >= 11 is 0. The quantitative estimate of drug-likeness (QED) is 0.678. The molecule has 2 amide bonds. The first-order valence-corrected chi connectivity index (χ1v) is 6.55. The van der Waals surface area contributed by atoms with E-state index in [4.69, 9.17) is 5.11 Å².